The van der Waals surface area contributed by atoms with Gasteiger partial charge in [0.25, 0.3) is 0 Å². The van der Waals surface area contributed by atoms with Gasteiger partial charge in [-0.1, -0.05) is 20.4 Å². The fourth-order valence-corrected chi connectivity index (χ4v) is 2.27. The van der Waals surface area contributed by atoms with Crippen molar-refractivity contribution in [2.45, 2.75) is 32.0 Å². The summed E-state index contributed by atoms with van der Waals surface area (Å²) in [7, 11) is -4.35. The molecule has 0 spiro atoms. The van der Waals surface area contributed by atoms with Crippen LogP contribution in [0.5, 0.6) is 0 Å². The summed E-state index contributed by atoms with van der Waals surface area (Å²) in [5.41, 5.74) is 0. The molecule has 0 aromatic carbocycles. The lowest BCUT2D eigenvalue weighted by molar-refractivity contribution is -0.117. The first-order valence-corrected chi connectivity index (χ1v) is 5.94. The first-order chi connectivity index (χ1) is 6.33. The minimum Gasteiger partial charge on any atom is -0.336 e. The zero-order valence-corrected chi connectivity index (χ0v) is 9.25. The fourth-order valence-electron chi connectivity index (χ4n) is 1.19. The summed E-state index contributed by atoms with van der Waals surface area (Å²) in [6.07, 6.45) is 1.34. The van der Waals surface area contributed by atoms with E-state index in [1.165, 1.54) is 0 Å². The second-order valence-corrected chi connectivity index (χ2v) is 4.92. The van der Waals surface area contributed by atoms with Crippen molar-refractivity contribution in [3.05, 3.63) is 12.7 Å². The van der Waals surface area contributed by atoms with Gasteiger partial charge in [0.05, 0.1) is 0 Å². The summed E-state index contributed by atoms with van der Waals surface area (Å²) in [6.45, 7) is 6.46. The van der Waals surface area contributed by atoms with Crippen molar-refractivity contribution in [3.63, 3.8) is 0 Å². The first kappa shape index (κ1) is 13.4. The van der Waals surface area contributed by atoms with E-state index in [9.17, 15) is 9.36 Å². The molecule has 5 nitrogen and oxygen atoms in total. The third kappa shape index (κ3) is 2.67. The van der Waals surface area contributed by atoms with Crippen molar-refractivity contribution in [2.24, 2.45) is 0 Å². The molecule has 14 heavy (non-hydrogen) atoms. The summed E-state index contributed by atoms with van der Waals surface area (Å²) in [5.74, 6) is -0.572. The maximum absolute atomic E-state index is 11.2. The lowest BCUT2D eigenvalue weighted by Crippen LogP contribution is -2.46. The van der Waals surface area contributed by atoms with E-state index in [4.69, 9.17) is 9.79 Å². The average molecular weight is 221 g/mol. The Labute approximate surface area is 83.4 Å². The SMILES string of the molecule is C=CC(=O)NC(CC)(CC)P(=O)(O)O. The molecule has 82 valence electrons. The number of hydrogen-bond donors (Lipinski definition) is 3. The Morgan fingerprint density at radius 3 is 2.14 bits per heavy atom. The number of amides is 1. The van der Waals surface area contributed by atoms with Crippen LogP contribution in [0.3, 0.4) is 0 Å². The van der Waals surface area contributed by atoms with E-state index >= 15 is 0 Å². The molecule has 0 saturated heterocycles. The molecular weight excluding hydrogens is 205 g/mol. The first-order valence-electron chi connectivity index (χ1n) is 4.33. The molecule has 0 bridgehead atoms. The minimum absolute atomic E-state index is 0.174. The van der Waals surface area contributed by atoms with Gasteiger partial charge in [0.15, 0.2) is 0 Å². The molecule has 0 heterocycles. The highest BCUT2D eigenvalue weighted by Gasteiger charge is 2.44. The van der Waals surface area contributed by atoms with Gasteiger partial charge < -0.3 is 15.1 Å². The third-order valence-electron chi connectivity index (χ3n) is 2.27. The smallest absolute Gasteiger partial charge is 0.336 e. The van der Waals surface area contributed by atoms with Gasteiger partial charge in [-0.2, -0.15) is 0 Å². The molecule has 0 fully saturated rings. The van der Waals surface area contributed by atoms with Gasteiger partial charge >= 0.3 is 7.60 Å². The van der Waals surface area contributed by atoms with Crippen molar-refractivity contribution in [3.8, 4) is 0 Å². The van der Waals surface area contributed by atoms with E-state index < -0.39 is 18.8 Å². The Kier molecular flexibility index (Phi) is 4.52. The predicted octanol–water partition coefficient (Wildman–Crippen LogP) is 0.983. The topological polar surface area (TPSA) is 86.6 Å². The number of nitrogens with one attached hydrogen (secondary N) is 1. The summed E-state index contributed by atoms with van der Waals surface area (Å²) >= 11 is 0. The summed E-state index contributed by atoms with van der Waals surface area (Å²) in [4.78, 5) is 29.3. The molecule has 0 radical (unpaired) electrons. The monoisotopic (exact) mass is 221 g/mol. The van der Waals surface area contributed by atoms with Crippen molar-refractivity contribution in [1.82, 2.24) is 5.32 Å². The third-order valence-corrected chi connectivity index (χ3v) is 4.13. The maximum atomic E-state index is 11.2. The molecule has 0 aliphatic carbocycles. The lowest BCUT2D eigenvalue weighted by Gasteiger charge is -2.32. The predicted molar refractivity (Wildman–Crippen MR) is 53.7 cm³/mol. The molecule has 0 aromatic rings. The van der Waals surface area contributed by atoms with Crippen LogP contribution < -0.4 is 5.32 Å². The largest absolute Gasteiger partial charge is 0.350 e. The van der Waals surface area contributed by atoms with E-state index in [2.05, 4.69) is 11.9 Å². The molecule has 0 saturated carbocycles. The zero-order valence-electron chi connectivity index (χ0n) is 8.36. The average Bonchev–Trinajstić information content (AvgIpc) is 2.11. The van der Waals surface area contributed by atoms with Crippen LogP contribution in [0.25, 0.3) is 0 Å². The van der Waals surface area contributed by atoms with E-state index in [0.29, 0.717) is 0 Å². The van der Waals surface area contributed by atoms with Crippen LogP contribution in [0.4, 0.5) is 0 Å². The Morgan fingerprint density at radius 2 is 1.93 bits per heavy atom. The van der Waals surface area contributed by atoms with E-state index in [1.807, 2.05) is 0 Å². The highest BCUT2D eigenvalue weighted by Crippen LogP contribution is 2.52. The highest BCUT2D eigenvalue weighted by molar-refractivity contribution is 7.53. The van der Waals surface area contributed by atoms with Gasteiger partial charge in [-0.25, -0.2) is 0 Å². The van der Waals surface area contributed by atoms with Gasteiger partial charge in [0, 0.05) is 0 Å². The second-order valence-electron chi connectivity index (χ2n) is 2.98. The van der Waals surface area contributed by atoms with E-state index in [0.717, 1.165) is 6.08 Å². The number of carbonyl (C=O) groups excluding carboxylic acids is 1. The summed E-state index contributed by atoms with van der Waals surface area (Å²) in [5, 5.41) is 0.839. The van der Waals surface area contributed by atoms with Gasteiger partial charge in [-0.3, -0.25) is 9.36 Å². The Morgan fingerprint density at radius 1 is 1.50 bits per heavy atom. The van der Waals surface area contributed by atoms with Crippen molar-refractivity contribution >= 4 is 13.5 Å². The number of carbonyl (C=O) groups is 1. The normalized spacial score (nSPS) is 12.3. The molecule has 1 amide bonds. The molecule has 0 aromatic heterocycles. The van der Waals surface area contributed by atoms with Gasteiger partial charge in [0.1, 0.15) is 5.28 Å². The summed E-state index contributed by atoms with van der Waals surface area (Å²) in [6, 6.07) is 0. The van der Waals surface area contributed by atoms with E-state index in [-0.39, 0.29) is 12.8 Å². The van der Waals surface area contributed by atoms with Crippen molar-refractivity contribution < 1.29 is 19.1 Å². The molecular formula is C8H16NO4P. The van der Waals surface area contributed by atoms with E-state index in [1.54, 1.807) is 13.8 Å². The maximum Gasteiger partial charge on any atom is 0.350 e. The van der Waals surface area contributed by atoms with Crippen LogP contribution in [0.1, 0.15) is 26.7 Å². The lowest BCUT2D eigenvalue weighted by atomic mass is 10.1. The summed E-state index contributed by atoms with van der Waals surface area (Å²) < 4.78 is 11.2. The van der Waals surface area contributed by atoms with Crippen LogP contribution in [-0.2, 0) is 9.36 Å². The van der Waals surface area contributed by atoms with Crippen LogP contribution in [0.2, 0.25) is 0 Å². The van der Waals surface area contributed by atoms with Crippen LogP contribution in [0, 0.1) is 0 Å². The van der Waals surface area contributed by atoms with Crippen LogP contribution in [-0.4, -0.2) is 21.0 Å². The van der Waals surface area contributed by atoms with Crippen LogP contribution in [0.15, 0.2) is 12.7 Å². The molecule has 0 atom stereocenters. The highest BCUT2D eigenvalue weighted by atomic mass is 31.2. The molecule has 0 aliphatic heterocycles. The molecule has 3 N–H and O–H groups in total. The number of hydrogen-bond acceptors (Lipinski definition) is 2. The minimum atomic E-state index is -4.35. The molecule has 0 aliphatic rings. The van der Waals surface area contributed by atoms with Gasteiger partial charge in [-0.15, -0.1) is 0 Å². The Hall–Kier alpha value is -0.640. The molecule has 0 rings (SSSR count). The zero-order chi connectivity index (χ0) is 11.4. The van der Waals surface area contributed by atoms with Gasteiger partial charge in [0.2, 0.25) is 5.91 Å². The fraction of sp³-hybridized carbons (Fsp3) is 0.625. The Balaban J connectivity index is 4.99. The number of rotatable bonds is 5. The molecule has 0 unspecified atom stereocenters. The van der Waals surface area contributed by atoms with Gasteiger partial charge in [-0.05, 0) is 18.9 Å². The van der Waals surface area contributed by atoms with Crippen molar-refractivity contribution in [2.75, 3.05) is 0 Å². The standard InChI is InChI=1S/C8H16NO4P/c1-4-7(10)9-8(5-2,6-3)14(11,12)13/h4H,1,5-6H2,2-3H3,(H,9,10)(H2,11,12,13). The Bertz CT molecular complexity index is 267. The van der Waals surface area contributed by atoms with Crippen molar-refractivity contribution in [1.29, 1.82) is 0 Å². The van der Waals surface area contributed by atoms with Crippen LogP contribution >= 0.6 is 7.60 Å². The molecule has 6 heteroatoms. The second kappa shape index (κ2) is 4.73. The quantitative estimate of drug-likeness (QED) is 0.477.